The lowest BCUT2D eigenvalue weighted by molar-refractivity contribution is -0.137. The van der Waals surface area contributed by atoms with E-state index in [0.717, 1.165) is 18.1 Å². The van der Waals surface area contributed by atoms with Crippen LogP contribution in [0.3, 0.4) is 0 Å². The number of benzene rings is 2. The molecule has 0 saturated carbocycles. The number of carbonyl (C=O) groups is 1. The van der Waals surface area contributed by atoms with Crippen LogP contribution in [0.4, 0.5) is 18.9 Å². The Morgan fingerprint density at radius 2 is 2.00 bits per heavy atom. The van der Waals surface area contributed by atoms with E-state index in [1.54, 1.807) is 24.3 Å². The number of hydrogen-bond acceptors (Lipinski definition) is 4. The second-order valence-electron chi connectivity index (χ2n) is 7.81. The average Bonchev–Trinajstić information content (AvgIpc) is 2.71. The monoisotopic (exact) mass is 477 g/mol. The van der Waals surface area contributed by atoms with E-state index in [2.05, 4.69) is 22.5 Å². The van der Waals surface area contributed by atoms with Crippen molar-refractivity contribution in [1.82, 2.24) is 5.32 Å². The number of aromatic hydroxyl groups is 1. The Balaban J connectivity index is 1.76. The van der Waals surface area contributed by atoms with Gasteiger partial charge in [0.25, 0.3) is 5.91 Å². The lowest BCUT2D eigenvalue weighted by atomic mass is 10.1. The molecule has 5 nitrogen and oxygen atoms in total. The Labute approximate surface area is 194 Å². The quantitative estimate of drug-likeness (QED) is 0.467. The van der Waals surface area contributed by atoms with Gasteiger partial charge in [-0.15, -0.1) is 0 Å². The zero-order valence-electron chi connectivity index (χ0n) is 17.9. The number of phenolic OH excluding ortho intramolecular Hbond substituents is 1. The Kier molecular flexibility index (Phi) is 7.48. The van der Waals surface area contributed by atoms with Gasteiger partial charge in [0, 0.05) is 11.3 Å². The molecule has 0 aromatic heterocycles. The van der Waals surface area contributed by atoms with E-state index < -0.39 is 23.4 Å². The normalized spacial score (nSPS) is 17.3. The van der Waals surface area contributed by atoms with Crippen molar-refractivity contribution >= 4 is 28.4 Å². The van der Waals surface area contributed by atoms with Gasteiger partial charge in [0.2, 0.25) is 0 Å². The Morgan fingerprint density at radius 3 is 2.73 bits per heavy atom. The van der Waals surface area contributed by atoms with Gasteiger partial charge in [-0.3, -0.25) is 4.79 Å². The smallest absolute Gasteiger partial charge is 0.416 e. The summed E-state index contributed by atoms with van der Waals surface area (Å²) in [5.74, 6) is -0.525. The number of allylic oxidation sites excluding steroid dienone is 3. The summed E-state index contributed by atoms with van der Waals surface area (Å²) in [6, 6.07) is 8.95. The minimum absolute atomic E-state index is 0.200. The van der Waals surface area contributed by atoms with Crippen molar-refractivity contribution in [3.05, 3.63) is 83.2 Å². The summed E-state index contributed by atoms with van der Waals surface area (Å²) in [6.45, 7) is 3.97. The summed E-state index contributed by atoms with van der Waals surface area (Å²) in [5.41, 5.74) is -0.190. The second-order valence-corrected chi connectivity index (χ2v) is 8.20. The summed E-state index contributed by atoms with van der Waals surface area (Å²) in [6.07, 6.45) is 1.84. The van der Waals surface area contributed by atoms with Gasteiger partial charge in [-0.2, -0.15) is 13.2 Å². The molecule has 1 amide bonds. The maximum atomic E-state index is 13.0. The van der Waals surface area contributed by atoms with Crippen LogP contribution in [-0.2, 0) is 6.18 Å². The predicted octanol–water partition coefficient (Wildman–Crippen LogP) is 6.39. The Bertz CT molecular complexity index is 1130. The number of halogens is 4. The van der Waals surface area contributed by atoms with Gasteiger partial charge in [-0.25, -0.2) is 4.99 Å². The van der Waals surface area contributed by atoms with Crippen molar-refractivity contribution in [3.63, 3.8) is 0 Å². The third kappa shape index (κ3) is 6.86. The molecule has 0 fully saturated rings. The first-order valence-corrected chi connectivity index (χ1v) is 10.6. The fraction of sp³-hybridized carbons (Fsp3) is 0.250. The zero-order chi connectivity index (χ0) is 24.2. The highest BCUT2D eigenvalue weighted by molar-refractivity contribution is 6.68. The first-order valence-electron chi connectivity index (χ1n) is 10.2. The number of hydrogen-bond donors (Lipinski definition) is 3. The van der Waals surface area contributed by atoms with Crippen LogP contribution in [0.15, 0.2) is 71.5 Å². The summed E-state index contributed by atoms with van der Waals surface area (Å²) < 4.78 is 39.0. The molecule has 0 aliphatic carbocycles. The van der Waals surface area contributed by atoms with Gasteiger partial charge in [0.1, 0.15) is 16.7 Å². The molecular weight excluding hydrogens is 455 g/mol. The molecular formula is C24H23ClF3N3O2. The van der Waals surface area contributed by atoms with Crippen LogP contribution in [0, 0.1) is 5.92 Å². The SMILES string of the molecule is CC1C=C(NC(C)c2cccc(NC(=O)c3cc(O)cc(C(F)(F)F)c3)c2)N=C(Cl)C=CC1. The van der Waals surface area contributed by atoms with E-state index >= 15 is 0 Å². The number of amides is 1. The number of nitrogens with one attached hydrogen (secondary N) is 2. The van der Waals surface area contributed by atoms with Crippen LogP contribution in [0.1, 0.15) is 47.8 Å². The molecule has 2 unspecified atom stereocenters. The molecule has 2 atom stereocenters. The van der Waals surface area contributed by atoms with E-state index in [-0.39, 0.29) is 17.5 Å². The number of phenols is 1. The highest BCUT2D eigenvalue weighted by atomic mass is 35.5. The van der Waals surface area contributed by atoms with E-state index in [0.29, 0.717) is 28.8 Å². The molecule has 1 aliphatic heterocycles. The maximum Gasteiger partial charge on any atom is 0.416 e. The summed E-state index contributed by atoms with van der Waals surface area (Å²) >= 11 is 6.10. The molecule has 3 rings (SSSR count). The van der Waals surface area contributed by atoms with Crippen molar-refractivity contribution < 1.29 is 23.1 Å². The highest BCUT2D eigenvalue weighted by Gasteiger charge is 2.32. The van der Waals surface area contributed by atoms with E-state index in [1.807, 2.05) is 25.1 Å². The third-order valence-electron chi connectivity index (χ3n) is 4.95. The van der Waals surface area contributed by atoms with E-state index in [4.69, 9.17) is 11.6 Å². The largest absolute Gasteiger partial charge is 0.508 e. The molecule has 0 saturated heterocycles. The van der Waals surface area contributed by atoms with Crippen molar-refractivity contribution in [2.24, 2.45) is 10.9 Å². The Morgan fingerprint density at radius 1 is 1.24 bits per heavy atom. The van der Waals surface area contributed by atoms with Crippen LogP contribution < -0.4 is 10.6 Å². The molecule has 174 valence electrons. The third-order valence-corrected chi connectivity index (χ3v) is 5.16. The number of nitrogens with zero attached hydrogens (tertiary/aromatic N) is 1. The number of rotatable bonds is 5. The van der Waals surface area contributed by atoms with E-state index in [9.17, 15) is 23.1 Å². The van der Waals surface area contributed by atoms with Gasteiger partial charge < -0.3 is 15.7 Å². The molecule has 0 bridgehead atoms. The summed E-state index contributed by atoms with van der Waals surface area (Å²) in [4.78, 5) is 16.9. The first kappa shape index (κ1) is 24.4. The average molecular weight is 478 g/mol. The fourth-order valence-electron chi connectivity index (χ4n) is 3.29. The number of anilines is 1. The van der Waals surface area contributed by atoms with Crippen molar-refractivity contribution in [3.8, 4) is 5.75 Å². The van der Waals surface area contributed by atoms with Crippen LogP contribution >= 0.6 is 11.6 Å². The van der Waals surface area contributed by atoms with Gasteiger partial charge in [0.05, 0.1) is 11.6 Å². The number of carbonyl (C=O) groups excluding carboxylic acids is 1. The highest BCUT2D eigenvalue weighted by Crippen LogP contribution is 2.32. The first-order chi connectivity index (χ1) is 15.5. The minimum Gasteiger partial charge on any atom is -0.508 e. The molecule has 1 heterocycles. The van der Waals surface area contributed by atoms with Crippen LogP contribution in [0.25, 0.3) is 0 Å². The van der Waals surface area contributed by atoms with Crippen molar-refractivity contribution in [1.29, 1.82) is 0 Å². The van der Waals surface area contributed by atoms with E-state index in [1.165, 1.54) is 0 Å². The van der Waals surface area contributed by atoms with Crippen LogP contribution in [-0.4, -0.2) is 16.2 Å². The van der Waals surface area contributed by atoms with Gasteiger partial charge in [0.15, 0.2) is 0 Å². The Hall–Kier alpha value is -3.26. The lowest BCUT2D eigenvalue weighted by Gasteiger charge is -2.19. The fourth-order valence-corrected chi connectivity index (χ4v) is 3.47. The number of alkyl halides is 3. The van der Waals surface area contributed by atoms with Crippen molar-refractivity contribution in [2.45, 2.75) is 32.5 Å². The predicted molar refractivity (Wildman–Crippen MR) is 123 cm³/mol. The van der Waals surface area contributed by atoms with Crippen LogP contribution in [0.2, 0.25) is 0 Å². The van der Waals surface area contributed by atoms with Gasteiger partial charge >= 0.3 is 6.18 Å². The van der Waals surface area contributed by atoms with Crippen molar-refractivity contribution in [2.75, 3.05) is 5.32 Å². The van der Waals surface area contributed by atoms with Gasteiger partial charge in [-0.1, -0.05) is 36.7 Å². The summed E-state index contributed by atoms with van der Waals surface area (Å²) in [5, 5.41) is 15.8. The molecule has 2 aromatic carbocycles. The van der Waals surface area contributed by atoms with Gasteiger partial charge in [-0.05, 0) is 67.3 Å². The molecule has 9 heteroatoms. The molecule has 0 spiro atoms. The standard InChI is InChI=1S/C24H23ClF3N3O2/c1-14-5-3-8-21(25)31-22(9-14)29-15(2)16-6-4-7-19(11-16)30-23(33)17-10-18(24(26,27)28)13-20(32)12-17/h3-4,6-15,29,32H,5H2,1-2H3,(H,30,33). The van der Waals surface area contributed by atoms with Crippen LogP contribution in [0.5, 0.6) is 5.75 Å². The zero-order valence-corrected chi connectivity index (χ0v) is 18.7. The minimum atomic E-state index is -4.68. The molecule has 2 aromatic rings. The topological polar surface area (TPSA) is 73.7 Å². The lowest BCUT2D eigenvalue weighted by Crippen LogP contribution is -2.19. The number of aliphatic imine (C=N–C) groups is 1. The molecule has 3 N–H and O–H groups in total. The molecule has 33 heavy (non-hydrogen) atoms. The second kappa shape index (κ2) is 10.1. The molecule has 0 radical (unpaired) electrons. The maximum absolute atomic E-state index is 13.0. The molecule has 1 aliphatic rings. The summed E-state index contributed by atoms with van der Waals surface area (Å²) in [7, 11) is 0.